The van der Waals surface area contributed by atoms with Gasteiger partial charge in [0.2, 0.25) is 5.91 Å². The predicted octanol–water partition coefficient (Wildman–Crippen LogP) is -0.963. The van der Waals surface area contributed by atoms with Gasteiger partial charge in [0.25, 0.3) is 5.91 Å². The molecule has 6 nitrogen and oxygen atoms in total. The highest BCUT2D eigenvalue weighted by molar-refractivity contribution is 5.90. The molecule has 0 saturated carbocycles. The molecule has 108 valence electrons. The third-order valence-corrected chi connectivity index (χ3v) is 3.49. The molecule has 0 aromatic heterocycles. The topological polar surface area (TPSA) is 104 Å². The molecule has 0 spiro atoms. The maximum atomic E-state index is 12.0. The summed E-state index contributed by atoms with van der Waals surface area (Å²) < 4.78 is 0. The zero-order chi connectivity index (χ0) is 14.7. The molecule has 0 aliphatic carbocycles. The average molecular weight is 278 g/mol. The molecule has 3 atom stereocenters. The van der Waals surface area contributed by atoms with E-state index in [9.17, 15) is 19.8 Å². The van der Waals surface area contributed by atoms with Crippen LogP contribution in [0, 0.1) is 0 Å². The van der Waals surface area contributed by atoms with E-state index in [1.807, 2.05) is 30.3 Å². The van der Waals surface area contributed by atoms with Crippen LogP contribution in [0.3, 0.4) is 0 Å². The van der Waals surface area contributed by atoms with E-state index in [0.29, 0.717) is 6.42 Å². The van der Waals surface area contributed by atoms with Crippen LogP contribution in [-0.2, 0) is 16.0 Å². The minimum absolute atomic E-state index is 0.0365. The number of aliphatic hydroxyl groups excluding tert-OH is 2. The molecule has 4 N–H and O–H groups in total. The highest BCUT2D eigenvalue weighted by Gasteiger charge is 2.45. The second-order valence-electron chi connectivity index (χ2n) is 4.95. The highest BCUT2D eigenvalue weighted by atomic mass is 16.3. The molecule has 3 unspecified atom stereocenters. The van der Waals surface area contributed by atoms with E-state index in [-0.39, 0.29) is 13.0 Å². The normalized spacial score (nSPS) is 23.0. The minimum atomic E-state index is -1.19. The van der Waals surface area contributed by atoms with Crippen molar-refractivity contribution in [1.82, 2.24) is 4.90 Å². The largest absolute Gasteiger partial charge is 0.389 e. The van der Waals surface area contributed by atoms with E-state index >= 15 is 0 Å². The van der Waals surface area contributed by atoms with Gasteiger partial charge in [-0.2, -0.15) is 0 Å². The van der Waals surface area contributed by atoms with Crippen molar-refractivity contribution in [2.75, 3.05) is 6.54 Å². The number of aryl methyl sites for hydroxylation is 1. The lowest BCUT2D eigenvalue weighted by molar-refractivity contribution is -0.165. The third-order valence-electron chi connectivity index (χ3n) is 3.49. The Balaban J connectivity index is 1.88. The molecular formula is C14H18N2O4. The van der Waals surface area contributed by atoms with Crippen molar-refractivity contribution in [3.05, 3.63) is 35.9 Å². The van der Waals surface area contributed by atoms with Crippen LogP contribution in [0.5, 0.6) is 0 Å². The summed E-state index contributed by atoms with van der Waals surface area (Å²) in [4.78, 5) is 24.2. The second kappa shape index (κ2) is 6.02. The lowest BCUT2D eigenvalue weighted by atomic mass is 9.96. The van der Waals surface area contributed by atoms with Crippen LogP contribution in [0.2, 0.25) is 0 Å². The Morgan fingerprint density at radius 2 is 2.00 bits per heavy atom. The maximum Gasteiger partial charge on any atom is 0.252 e. The standard InChI is InChI=1S/C14H18N2O4/c15-13(19)12-11(18)8-16(12)14(20)10(17)7-6-9-4-2-1-3-5-9/h1-5,10-12,17-18H,6-8H2,(H2,15,19). The van der Waals surface area contributed by atoms with Crippen LogP contribution >= 0.6 is 0 Å². The SMILES string of the molecule is NC(=O)C1C(O)CN1C(=O)C(O)CCc1ccccc1. The average Bonchev–Trinajstić information content (AvgIpc) is 2.41. The van der Waals surface area contributed by atoms with Crippen LogP contribution in [-0.4, -0.2) is 51.7 Å². The number of benzene rings is 1. The first-order chi connectivity index (χ1) is 9.50. The van der Waals surface area contributed by atoms with Crippen molar-refractivity contribution in [3.63, 3.8) is 0 Å². The second-order valence-corrected chi connectivity index (χ2v) is 4.95. The maximum absolute atomic E-state index is 12.0. The summed E-state index contributed by atoms with van der Waals surface area (Å²) in [5, 5.41) is 19.3. The molecule has 2 rings (SSSR count). The van der Waals surface area contributed by atoms with Gasteiger partial charge >= 0.3 is 0 Å². The van der Waals surface area contributed by atoms with E-state index in [1.165, 1.54) is 0 Å². The highest BCUT2D eigenvalue weighted by Crippen LogP contribution is 2.20. The third kappa shape index (κ3) is 2.97. The summed E-state index contributed by atoms with van der Waals surface area (Å²) in [5.74, 6) is -1.32. The molecular weight excluding hydrogens is 260 g/mol. The van der Waals surface area contributed by atoms with E-state index in [2.05, 4.69) is 0 Å². The Labute approximate surface area is 116 Å². The van der Waals surface area contributed by atoms with Gasteiger partial charge in [0.05, 0.1) is 6.54 Å². The minimum Gasteiger partial charge on any atom is -0.389 e. The van der Waals surface area contributed by atoms with E-state index in [0.717, 1.165) is 10.5 Å². The first kappa shape index (κ1) is 14.5. The summed E-state index contributed by atoms with van der Waals surface area (Å²) >= 11 is 0. The Kier molecular flexibility index (Phi) is 4.36. The van der Waals surface area contributed by atoms with Gasteiger partial charge in [-0.3, -0.25) is 9.59 Å². The number of aliphatic hydroxyl groups is 2. The first-order valence-electron chi connectivity index (χ1n) is 6.50. The van der Waals surface area contributed by atoms with Gasteiger partial charge in [-0.05, 0) is 18.4 Å². The van der Waals surface area contributed by atoms with Gasteiger partial charge < -0.3 is 20.8 Å². The summed E-state index contributed by atoms with van der Waals surface area (Å²) in [6, 6.07) is 8.47. The number of carbonyl (C=O) groups is 2. The van der Waals surface area contributed by atoms with Gasteiger partial charge in [0.1, 0.15) is 18.2 Å². The quantitative estimate of drug-likeness (QED) is 0.645. The number of primary amides is 1. The fourth-order valence-electron chi connectivity index (χ4n) is 2.32. The molecule has 1 aliphatic heterocycles. The van der Waals surface area contributed by atoms with Crippen molar-refractivity contribution < 1.29 is 19.8 Å². The summed E-state index contributed by atoms with van der Waals surface area (Å²) in [6.45, 7) is 0.0365. The molecule has 1 aromatic carbocycles. The number of nitrogens with two attached hydrogens (primary N) is 1. The molecule has 1 aromatic rings. The molecule has 2 amide bonds. The smallest absolute Gasteiger partial charge is 0.252 e. The number of carbonyl (C=O) groups excluding carboxylic acids is 2. The summed E-state index contributed by atoms with van der Waals surface area (Å²) in [7, 11) is 0. The summed E-state index contributed by atoms with van der Waals surface area (Å²) in [5.41, 5.74) is 6.13. The van der Waals surface area contributed by atoms with Crippen molar-refractivity contribution in [1.29, 1.82) is 0 Å². The number of likely N-dealkylation sites (tertiary alicyclic amines) is 1. The molecule has 0 radical (unpaired) electrons. The van der Waals surface area contributed by atoms with Gasteiger partial charge in [0.15, 0.2) is 0 Å². The lowest BCUT2D eigenvalue weighted by Crippen LogP contribution is -2.68. The zero-order valence-corrected chi connectivity index (χ0v) is 11.0. The van der Waals surface area contributed by atoms with Crippen LogP contribution in [0.1, 0.15) is 12.0 Å². The van der Waals surface area contributed by atoms with Crippen molar-refractivity contribution in [3.8, 4) is 0 Å². The van der Waals surface area contributed by atoms with E-state index in [4.69, 9.17) is 5.73 Å². The molecule has 1 heterocycles. The number of hydrogen-bond acceptors (Lipinski definition) is 4. The Morgan fingerprint density at radius 3 is 2.55 bits per heavy atom. The Bertz CT molecular complexity index is 491. The van der Waals surface area contributed by atoms with Gasteiger partial charge in [0, 0.05) is 0 Å². The van der Waals surface area contributed by atoms with Crippen LogP contribution in [0.4, 0.5) is 0 Å². The first-order valence-corrected chi connectivity index (χ1v) is 6.50. The van der Waals surface area contributed by atoms with E-state index in [1.54, 1.807) is 0 Å². The van der Waals surface area contributed by atoms with Crippen LogP contribution in [0.15, 0.2) is 30.3 Å². The van der Waals surface area contributed by atoms with Crippen molar-refractivity contribution in [2.45, 2.75) is 31.1 Å². The Morgan fingerprint density at radius 1 is 1.35 bits per heavy atom. The number of rotatable bonds is 5. The van der Waals surface area contributed by atoms with Gasteiger partial charge in [-0.15, -0.1) is 0 Å². The molecule has 20 heavy (non-hydrogen) atoms. The number of hydrogen-bond donors (Lipinski definition) is 3. The van der Waals surface area contributed by atoms with Gasteiger partial charge in [-0.1, -0.05) is 30.3 Å². The fourth-order valence-corrected chi connectivity index (χ4v) is 2.32. The number of nitrogens with zero attached hydrogens (tertiary/aromatic N) is 1. The number of amides is 2. The molecule has 6 heteroatoms. The molecule has 1 fully saturated rings. The zero-order valence-electron chi connectivity index (χ0n) is 11.0. The van der Waals surface area contributed by atoms with Gasteiger partial charge in [-0.25, -0.2) is 0 Å². The molecule has 0 bridgehead atoms. The lowest BCUT2D eigenvalue weighted by Gasteiger charge is -2.44. The van der Waals surface area contributed by atoms with Crippen LogP contribution in [0.25, 0.3) is 0 Å². The van der Waals surface area contributed by atoms with E-state index < -0.39 is 30.1 Å². The fraction of sp³-hybridized carbons (Fsp3) is 0.429. The van der Waals surface area contributed by atoms with Crippen molar-refractivity contribution in [2.24, 2.45) is 5.73 Å². The Hall–Kier alpha value is -1.92. The predicted molar refractivity (Wildman–Crippen MR) is 71.5 cm³/mol. The monoisotopic (exact) mass is 278 g/mol. The van der Waals surface area contributed by atoms with Crippen LogP contribution < -0.4 is 5.73 Å². The number of β-amino-alcohol motifs (C(OH)–C–C–N with tert-alkyl or cyclic N) is 1. The molecule has 1 saturated heterocycles. The van der Waals surface area contributed by atoms with Crippen molar-refractivity contribution >= 4 is 11.8 Å². The summed E-state index contributed by atoms with van der Waals surface area (Å²) in [6.07, 6.45) is -1.30. The molecule has 1 aliphatic rings.